The fourth-order valence-electron chi connectivity index (χ4n) is 2.60. The summed E-state index contributed by atoms with van der Waals surface area (Å²) in [7, 11) is 0. The summed E-state index contributed by atoms with van der Waals surface area (Å²) < 4.78 is 5.51. The number of hydrogen-bond acceptors (Lipinski definition) is 4. The van der Waals surface area contributed by atoms with Crippen LogP contribution >= 0.6 is 0 Å². The summed E-state index contributed by atoms with van der Waals surface area (Å²) in [5.74, 6) is 6.74. The molecule has 102 valence electrons. The van der Waals surface area contributed by atoms with Crippen LogP contribution in [0.25, 0.3) is 10.9 Å². The molecule has 0 saturated heterocycles. The first-order valence-electron chi connectivity index (χ1n) is 6.71. The molecule has 1 atom stereocenters. The fraction of sp³-hybridized carbons (Fsp3) is 0.188. The van der Waals surface area contributed by atoms with Crippen LogP contribution in [-0.2, 0) is 6.42 Å². The Morgan fingerprint density at radius 3 is 2.85 bits per heavy atom. The summed E-state index contributed by atoms with van der Waals surface area (Å²) in [5.41, 5.74) is 5.97. The van der Waals surface area contributed by atoms with Gasteiger partial charge in [-0.1, -0.05) is 31.2 Å². The van der Waals surface area contributed by atoms with Gasteiger partial charge < -0.3 is 4.42 Å². The maximum atomic E-state index is 5.79. The number of nitrogens with two attached hydrogens (primary N) is 1. The molecule has 0 saturated carbocycles. The summed E-state index contributed by atoms with van der Waals surface area (Å²) in [6.45, 7) is 2.07. The predicted octanol–water partition coefficient (Wildman–Crippen LogP) is 2.94. The number of nitrogens with zero attached hydrogens (tertiary/aromatic N) is 1. The quantitative estimate of drug-likeness (QED) is 0.563. The van der Waals surface area contributed by atoms with Crippen LogP contribution in [-0.4, -0.2) is 4.98 Å². The van der Waals surface area contributed by atoms with E-state index >= 15 is 0 Å². The number of benzene rings is 1. The molecule has 0 aliphatic carbocycles. The van der Waals surface area contributed by atoms with Gasteiger partial charge in [0.05, 0.1) is 17.8 Å². The first-order valence-corrected chi connectivity index (χ1v) is 6.71. The van der Waals surface area contributed by atoms with Crippen molar-refractivity contribution >= 4 is 10.9 Å². The number of hydrogen-bond donors (Lipinski definition) is 2. The van der Waals surface area contributed by atoms with Crippen molar-refractivity contribution in [3.8, 4) is 0 Å². The van der Waals surface area contributed by atoms with Crippen LogP contribution in [0, 0.1) is 0 Å². The summed E-state index contributed by atoms with van der Waals surface area (Å²) in [6, 6.07) is 12.0. The van der Waals surface area contributed by atoms with Crippen LogP contribution in [0.4, 0.5) is 0 Å². The Balaban J connectivity index is 2.17. The summed E-state index contributed by atoms with van der Waals surface area (Å²) in [5, 5.41) is 1.10. The number of rotatable bonds is 4. The summed E-state index contributed by atoms with van der Waals surface area (Å²) in [4.78, 5) is 4.49. The van der Waals surface area contributed by atoms with Crippen molar-refractivity contribution in [3.05, 3.63) is 65.7 Å². The Bertz CT molecular complexity index is 715. The van der Waals surface area contributed by atoms with Crippen LogP contribution in [0.5, 0.6) is 0 Å². The standard InChI is InChI=1S/C16H17N3O/c1-2-14-12(8-10-20-14)16(19-17)13-7-3-5-11-6-4-9-18-15(11)13/h3-10,16,19H,2,17H2,1H3. The minimum absolute atomic E-state index is 0.123. The van der Waals surface area contributed by atoms with E-state index in [-0.39, 0.29) is 6.04 Å². The second-order valence-electron chi connectivity index (χ2n) is 4.67. The van der Waals surface area contributed by atoms with Crippen LogP contribution < -0.4 is 11.3 Å². The predicted molar refractivity (Wildman–Crippen MR) is 79.0 cm³/mol. The van der Waals surface area contributed by atoms with E-state index < -0.39 is 0 Å². The molecule has 0 amide bonds. The number of nitrogens with one attached hydrogen (secondary N) is 1. The zero-order chi connectivity index (χ0) is 13.9. The number of fused-ring (bicyclic) bond motifs is 1. The molecule has 0 fully saturated rings. The van der Waals surface area contributed by atoms with Crippen molar-refractivity contribution in [2.24, 2.45) is 5.84 Å². The van der Waals surface area contributed by atoms with Gasteiger partial charge in [-0.25, -0.2) is 5.43 Å². The lowest BCUT2D eigenvalue weighted by molar-refractivity contribution is 0.502. The van der Waals surface area contributed by atoms with Crippen molar-refractivity contribution in [2.45, 2.75) is 19.4 Å². The molecular formula is C16H17N3O. The van der Waals surface area contributed by atoms with E-state index in [4.69, 9.17) is 10.3 Å². The SMILES string of the molecule is CCc1occc1C(NN)c1cccc2cccnc12. The second-order valence-corrected chi connectivity index (χ2v) is 4.67. The average molecular weight is 267 g/mol. The van der Waals surface area contributed by atoms with Crippen LogP contribution in [0.2, 0.25) is 0 Å². The van der Waals surface area contributed by atoms with Gasteiger partial charge in [-0.05, 0) is 12.1 Å². The molecule has 20 heavy (non-hydrogen) atoms. The Morgan fingerprint density at radius 1 is 1.20 bits per heavy atom. The van der Waals surface area contributed by atoms with Crippen LogP contribution in [0.15, 0.2) is 53.3 Å². The van der Waals surface area contributed by atoms with E-state index in [1.807, 2.05) is 24.3 Å². The van der Waals surface area contributed by atoms with Crippen molar-refractivity contribution in [3.63, 3.8) is 0 Å². The van der Waals surface area contributed by atoms with Gasteiger partial charge in [-0.3, -0.25) is 10.8 Å². The van der Waals surface area contributed by atoms with Crippen molar-refractivity contribution in [1.29, 1.82) is 0 Å². The molecule has 4 nitrogen and oxygen atoms in total. The van der Waals surface area contributed by atoms with Gasteiger partial charge in [-0.15, -0.1) is 0 Å². The number of para-hydroxylation sites is 1. The molecule has 3 N–H and O–H groups in total. The minimum atomic E-state index is -0.123. The van der Waals surface area contributed by atoms with E-state index in [2.05, 4.69) is 29.5 Å². The molecule has 0 bridgehead atoms. The van der Waals surface area contributed by atoms with E-state index in [1.165, 1.54) is 0 Å². The van der Waals surface area contributed by atoms with Gasteiger partial charge in [0.2, 0.25) is 0 Å². The molecule has 0 aliphatic heterocycles. The van der Waals surface area contributed by atoms with Gasteiger partial charge in [-0.2, -0.15) is 0 Å². The van der Waals surface area contributed by atoms with Crippen LogP contribution in [0.1, 0.15) is 29.9 Å². The molecule has 3 aromatic rings. The lowest BCUT2D eigenvalue weighted by Crippen LogP contribution is -2.29. The molecule has 3 rings (SSSR count). The van der Waals surface area contributed by atoms with Gasteiger partial charge in [0, 0.05) is 29.1 Å². The maximum Gasteiger partial charge on any atom is 0.108 e. The Labute approximate surface area is 117 Å². The zero-order valence-corrected chi connectivity index (χ0v) is 11.3. The molecule has 1 unspecified atom stereocenters. The topological polar surface area (TPSA) is 64.1 Å². The lowest BCUT2D eigenvalue weighted by Gasteiger charge is -2.17. The first-order chi connectivity index (χ1) is 9.85. The van der Waals surface area contributed by atoms with Gasteiger partial charge in [0.25, 0.3) is 0 Å². The minimum Gasteiger partial charge on any atom is -0.469 e. The largest absolute Gasteiger partial charge is 0.469 e. The van der Waals surface area contributed by atoms with E-state index in [0.29, 0.717) is 0 Å². The summed E-state index contributed by atoms with van der Waals surface area (Å²) in [6.07, 6.45) is 4.34. The third kappa shape index (κ3) is 2.09. The molecular weight excluding hydrogens is 250 g/mol. The fourth-order valence-corrected chi connectivity index (χ4v) is 2.60. The van der Waals surface area contributed by atoms with Gasteiger partial charge >= 0.3 is 0 Å². The molecule has 1 aromatic carbocycles. The number of hydrazine groups is 1. The highest BCUT2D eigenvalue weighted by atomic mass is 16.3. The molecule has 2 aromatic heterocycles. The monoisotopic (exact) mass is 267 g/mol. The van der Waals surface area contributed by atoms with Gasteiger partial charge in [0.1, 0.15) is 5.76 Å². The maximum absolute atomic E-state index is 5.79. The number of furan rings is 1. The Hall–Kier alpha value is -2.17. The van der Waals surface area contributed by atoms with E-state index in [1.54, 1.807) is 12.5 Å². The normalized spacial score (nSPS) is 12.7. The van der Waals surface area contributed by atoms with E-state index in [0.717, 1.165) is 34.2 Å². The average Bonchev–Trinajstić information content (AvgIpc) is 2.97. The van der Waals surface area contributed by atoms with E-state index in [9.17, 15) is 0 Å². The van der Waals surface area contributed by atoms with Gasteiger partial charge in [0.15, 0.2) is 0 Å². The molecule has 2 heterocycles. The third-order valence-electron chi connectivity index (χ3n) is 3.55. The Kier molecular flexibility index (Phi) is 3.50. The third-order valence-corrected chi connectivity index (χ3v) is 3.55. The number of aromatic nitrogens is 1. The Morgan fingerprint density at radius 2 is 2.05 bits per heavy atom. The number of aryl methyl sites for hydroxylation is 1. The zero-order valence-electron chi connectivity index (χ0n) is 11.3. The van der Waals surface area contributed by atoms with Crippen LogP contribution in [0.3, 0.4) is 0 Å². The molecule has 0 aliphatic rings. The smallest absolute Gasteiger partial charge is 0.108 e. The van der Waals surface area contributed by atoms with Crippen molar-refractivity contribution in [1.82, 2.24) is 10.4 Å². The highest BCUT2D eigenvalue weighted by Gasteiger charge is 2.20. The molecule has 0 radical (unpaired) electrons. The number of pyridine rings is 1. The van der Waals surface area contributed by atoms with Crippen molar-refractivity contribution < 1.29 is 4.42 Å². The first kappa shape index (κ1) is 12.8. The highest BCUT2D eigenvalue weighted by molar-refractivity contribution is 5.82. The molecule has 0 spiro atoms. The lowest BCUT2D eigenvalue weighted by atomic mass is 9.96. The second kappa shape index (κ2) is 5.45. The van der Waals surface area contributed by atoms with Crippen molar-refractivity contribution in [2.75, 3.05) is 0 Å². The summed E-state index contributed by atoms with van der Waals surface area (Å²) >= 11 is 0. The highest BCUT2D eigenvalue weighted by Crippen LogP contribution is 2.29. The molecule has 4 heteroatoms.